The lowest BCUT2D eigenvalue weighted by Gasteiger charge is -2.14. The van der Waals surface area contributed by atoms with Crippen molar-refractivity contribution in [3.63, 3.8) is 0 Å². The molecule has 4 nitrogen and oxygen atoms in total. The van der Waals surface area contributed by atoms with Gasteiger partial charge in [-0.15, -0.1) is 0 Å². The summed E-state index contributed by atoms with van der Waals surface area (Å²) in [6.45, 7) is 0. The lowest BCUT2D eigenvalue weighted by molar-refractivity contribution is 1.31. The van der Waals surface area contributed by atoms with Crippen LogP contribution in [0.25, 0.3) is 99.9 Å². The Kier molecular flexibility index (Phi) is 7.77. The zero-order valence-corrected chi connectivity index (χ0v) is 29.3. The van der Waals surface area contributed by atoms with Gasteiger partial charge >= 0.3 is 0 Å². The van der Waals surface area contributed by atoms with E-state index in [2.05, 4.69) is 156 Å². The van der Waals surface area contributed by atoms with Crippen LogP contribution in [0, 0.1) is 0 Å². The third-order valence-electron chi connectivity index (χ3n) is 10.2. The summed E-state index contributed by atoms with van der Waals surface area (Å²) in [5, 5.41) is 3.27. The highest BCUT2D eigenvalue weighted by Gasteiger charge is 2.16. The number of benzene rings is 6. The summed E-state index contributed by atoms with van der Waals surface area (Å²) in [7, 11) is 0. The van der Waals surface area contributed by atoms with Gasteiger partial charge in [-0.2, -0.15) is 0 Å². The maximum atomic E-state index is 5.30. The van der Waals surface area contributed by atoms with Crippen LogP contribution in [0.15, 0.2) is 194 Å². The fourth-order valence-electron chi connectivity index (χ4n) is 7.46. The predicted molar refractivity (Wildman–Crippen MR) is 223 cm³/mol. The van der Waals surface area contributed by atoms with Gasteiger partial charge in [0.2, 0.25) is 0 Å². The summed E-state index contributed by atoms with van der Waals surface area (Å²) in [6, 6.07) is 63.7. The van der Waals surface area contributed by atoms with E-state index in [9.17, 15) is 0 Å². The van der Waals surface area contributed by atoms with Crippen LogP contribution in [0.1, 0.15) is 0 Å². The van der Waals surface area contributed by atoms with Gasteiger partial charge in [0.25, 0.3) is 0 Å². The first-order chi connectivity index (χ1) is 26.7. The maximum Gasteiger partial charge on any atom is 0.0978 e. The minimum atomic E-state index is 0.894. The van der Waals surface area contributed by atoms with E-state index in [0.29, 0.717) is 0 Å². The standard InChI is InChI=1S/C50H32N4/c1-2-10-33(11-3-1)34-18-22-37(23-19-34)48-42-12-4-5-15-47(42)54-50-43(48)26-24-38-25-27-46(53-49(38)50)36-20-16-35(17-21-36)39-30-40(44-13-6-8-28-51-44)32-41(31-39)45-14-7-9-29-52-45/h1-32H. The predicted octanol–water partition coefficient (Wildman–Crippen LogP) is 12.7. The molecule has 0 atom stereocenters. The molecular weight excluding hydrogens is 657 g/mol. The second-order valence-corrected chi connectivity index (χ2v) is 13.5. The van der Waals surface area contributed by atoms with Gasteiger partial charge in [-0.1, -0.05) is 127 Å². The number of rotatable bonds is 6. The van der Waals surface area contributed by atoms with E-state index in [0.717, 1.165) is 83.2 Å². The van der Waals surface area contributed by atoms with E-state index in [4.69, 9.17) is 9.97 Å². The summed E-state index contributed by atoms with van der Waals surface area (Å²) in [6.07, 6.45) is 3.66. The molecule has 0 bridgehead atoms. The maximum absolute atomic E-state index is 5.30. The Morgan fingerprint density at radius 2 is 0.852 bits per heavy atom. The molecule has 4 heterocycles. The number of pyridine rings is 4. The van der Waals surface area contributed by atoms with Crippen LogP contribution >= 0.6 is 0 Å². The minimum Gasteiger partial charge on any atom is -0.256 e. The second-order valence-electron chi connectivity index (χ2n) is 13.5. The van der Waals surface area contributed by atoms with Crippen molar-refractivity contribution in [3.8, 4) is 67.2 Å². The summed E-state index contributed by atoms with van der Waals surface area (Å²) < 4.78 is 0. The largest absolute Gasteiger partial charge is 0.256 e. The molecule has 0 aliphatic rings. The molecular formula is C50H32N4. The van der Waals surface area contributed by atoms with Gasteiger partial charge in [0.05, 0.1) is 33.6 Å². The monoisotopic (exact) mass is 688 g/mol. The van der Waals surface area contributed by atoms with Gasteiger partial charge in [-0.3, -0.25) is 9.97 Å². The summed E-state index contributed by atoms with van der Waals surface area (Å²) in [5.74, 6) is 0. The molecule has 0 spiro atoms. The first-order valence-corrected chi connectivity index (χ1v) is 18.1. The van der Waals surface area contributed by atoms with Crippen molar-refractivity contribution in [1.29, 1.82) is 0 Å². The molecule has 6 aromatic carbocycles. The Morgan fingerprint density at radius 3 is 1.54 bits per heavy atom. The highest BCUT2D eigenvalue weighted by Crippen LogP contribution is 2.39. The van der Waals surface area contributed by atoms with E-state index in [1.54, 1.807) is 0 Å². The Labute approximate surface area is 313 Å². The average Bonchev–Trinajstić information content (AvgIpc) is 3.26. The highest BCUT2D eigenvalue weighted by molar-refractivity contribution is 6.16. The molecule has 54 heavy (non-hydrogen) atoms. The lowest BCUT2D eigenvalue weighted by atomic mass is 9.93. The molecule has 0 aliphatic carbocycles. The van der Waals surface area contributed by atoms with Crippen molar-refractivity contribution in [1.82, 2.24) is 19.9 Å². The Morgan fingerprint density at radius 1 is 0.296 bits per heavy atom. The van der Waals surface area contributed by atoms with E-state index in [1.165, 1.54) is 16.7 Å². The van der Waals surface area contributed by atoms with Gasteiger partial charge < -0.3 is 0 Å². The molecule has 0 N–H and O–H groups in total. The van der Waals surface area contributed by atoms with E-state index in [-0.39, 0.29) is 0 Å². The van der Waals surface area contributed by atoms with E-state index in [1.807, 2.05) is 48.8 Å². The van der Waals surface area contributed by atoms with Crippen molar-refractivity contribution in [3.05, 3.63) is 194 Å². The van der Waals surface area contributed by atoms with Crippen LogP contribution in [-0.2, 0) is 0 Å². The number of aromatic nitrogens is 4. The van der Waals surface area contributed by atoms with Gasteiger partial charge in [0.1, 0.15) is 0 Å². The van der Waals surface area contributed by atoms with Crippen molar-refractivity contribution < 1.29 is 0 Å². The van der Waals surface area contributed by atoms with Crippen molar-refractivity contribution in [2.45, 2.75) is 0 Å². The normalized spacial score (nSPS) is 11.3. The second kappa shape index (κ2) is 13.4. The third-order valence-corrected chi connectivity index (χ3v) is 10.2. The van der Waals surface area contributed by atoms with Crippen LogP contribution in [0.5, 0.6) is 0 Å². The minimum absolute atomic E-state index is 0.894. The lowest BCUT2D eigenvalue weighted by Crippen LogP contribution is -1.93. The third kappa shape index (κ3) is 5.76. The molecule has 0 saturated heterocycles. The SMILES string of the molecule is c1ccc(-c2ccc(-c3c4ccccc4nc4c3ccc3ccc(-c5ccc(-c6cc(-c7ccccn7)cc(-c7ccccn7)c6)cc5)nc34)cc2)cc1. The molecule has 252 valence electrons. The molecule has 0 fully saturated rings. The molecule has 0 saturated carbocycles. The number of nitrogens with zero attached hydrogens (tertiary/aromatic N) is 4. The highest BCUT2D eigenvalue weighted by atomic mass is 14.8. The molecule has 10 rings (SSSR count). The number of para-hydroxylation sites is 1. The van der Waals surface area contributed by atoms with E-state index >= 15 is 0 Å². The van der Waals surface area contributed by atoms with E-state index < -0.39 is 0 Å². The first kappa shape index (κ1) is 31.4. The van der Waals surface area contributed by atoms with Crippen LogP contribution in [0.2, 0.25) is 0 Å². The van der Waals surface area contributed by atoms with Crippen LogP contribution in [0.3, 0.4) is 0 Å². The van der Waals surface area contributed by atoms with Gasteiger partial charge in [-0.25, -0.2) is 9.97 Å². The fourth-order valence-corrected chi connectivity index (χ4v) is 7.46. The number of fused-ring (bicyclic) bond motifs is 4. The van der Waals surface area contributed by atoms with Crippen LogP contribution < -0.4 is 0 Å². The molecule has 10 aromatic rings. The number of hydrogen-bond donors (Lipinski definition) is 0. The Hall–Kier alpha value is -7.30. The van der Waals surface area contributed by atoms with Crippen molar-refractivity contribution in [2.75, 3.05) is 0 Å². The molecule has 0 radical (unpaired) electrons. The Balaban J connectivity index is 1.06. The quantitative estimate of drug-likeness (QED) is 0.129. The van der Waals surface area contributed by atoms with Gasteiger partial charge in [0, 0.05) is 50.8 Å². The average molecular weight is 689 g/mol. The van der Waals surface area contributed by atoms with Crippen molar-refractivity contribution >= 4 is 32.7 Å². The molecule has 0 aliphatic heterocycles. The number of hydrogen-bond acceptors (Lipinski definition) is 4. The molecule has 4 aromatic heterocycles. The van der Waals surface area contributed by atoms with Crippen molar-refractivity contribution in [2.24, 2.45) is 0 Å². The topological polar surface area (TPSA) is 51.6 Å². The van der Waals surface area contributed by atoms with Gasteiger partial charge in [-0.05, 0) is 82.4 Å². The van der Waals surface area contributed by atoms with Gasteiger partial charge in [0.15, 0.2) is 0 Å². The first-order valence-electron chi connectivity index (χ1n) is 18.1. The smallest absolute Gasteiger partial charge is 0.0978 e. The Bertz CT molecular complexity index is 2890. The summed E-state index contributed by atoms with van der Waals surface area (Å²) in [4.78, 5) is 19.8. The van der Waals surface area contributed by atoms with Crippen LogP contribution in [0.4, 0.5) is 0 Å². The molecule has 0 unspecified atom stereocenters. The summed E-state index contributed by atoms with van der Waals surface area (Å²) in [5.41, 5.74) is 15.6. The summed E-state index contributed by atoms with van der Waals surface area (Å²) >= 11 is 0. The molecule has 4 heteroatoms. The zero-order valence-electron chi connectivity index (χ0n) is 29.3. The van der Waals surface area contributed by atoms with Crippen LogP contribution in [-0.4, -0.2) is 19.9 Å². The fraction of sp³-hybridized carbons (Fsp3) is 0. The molecule has 0 amide bonds. The zero-order chi connectivity index (χ0) is 35.8.